The minimum absolute atomic E-state index is 0.0756. The number of fused-ring (bicyclic) bond motifs is 1. The summed E-state index contributed by atoms with van der Waals surface area (Å²) >= 11 is 0. The molecular formula is C25H21N5O6S. The zero-order chi connectivity index (χ0) is 26.9. The Hall–Kier alpha value is -4.80. The van der Waals surface area contributed by atoms with Crippen molar-refractivity contribution in [3.63, 3.8) is 0 Å². The molecule has 1 aliphatic carbocycles. The highest BCUT2D eigenvalue weighted by Crippen LogP contribution is 2.35. The van der Waals surface area contributed by atoms with Crippen LogP contribution in [0.4, 0.5) is 5.69 Å². The van der Waals surface area contributed by atoms with Crippen molar-refractivity contribution in [2.24, 2.45) is 5.73 Å². The van der Waals surface area contributed by atoms with Crippen LogP contribution in [-0.2, 0) is 14.6 Å². The van der Waals surface area contributed by atoms with Crippen molar-refractivity contribution in [2.75, 3.05) is 11.5 Å². The molecule has 1 unspecified atom stereocenters. The largest absolute Gasteiger partial charge is 0.420 e. The van der Waals surface area contributed by atoms with E-state index in [4.69, 9.17) is 16.2 Å². The van der Waals surface area contributed by atoms with Gasteiger partial charge in [0.2, 0.25) is 0 Å². The van der Waals surface area contributed by atoms with Gasteiger partial charge in [-0.3, -0.25) is 10.1 Å². The quantitative estimate of drug-likeness (QED) is 0.124. The van der Waals surface area contributed by atoms with Crippen LogP contribution in [0.5, 0.6) is 0 Å². The molecule has 0 amide bonds. The average Bonchev–Trinajstić information content (AvgIpc) is 2.89. The maximum atomic E-state index is 13.3. The second-order valence-electron chi connectivity index (χ2n) is 8.10. The number of benzene rings is 3. The Balaban J connectivity index is 1.79. The van der Waals surface area contributed by atoms with E-state index in [1.165, 1.54) is 13.0 Å². The van der Waals surface area contributed by atoms with Crippen molar-refractivity contribution in [1.82, 2.24) is 0 Å². The highest BCUT2D eigenvalue weighted by atomic mass is 32.2. The maximum absolute atomic E-state index is 13.3. The molecule has 0 aliphatic heterocycles. The fourth-order valence-electron chi connectivity index (χ4n) is 4.14. The number of anilines is 1. The van der Waals surface area contributed by atoms with E-state index in [1.54, 1.807) is 24.3 Å². The summed E-state index contributed by atoms with van der Waals surface area (Å²) in [6.45, 7) is 1.28. The second kappa shape index (κ2) is 9.69. The van der Waals surface area contributed by atoms with Crippen LogP contribution in [0.2, 0.25) is 0 Å². The normalized spacial score (nSPS) is 15.8. The Morgan fingerprint density at radius 1 is 1.08 bits per heavy atom. The first-order valence-corrected chi connectivity index (χ1v) is 12.7. The lowest BCUT2D eigenvalue weighted by Gasteiger charge is -2.18. The summed E-state index contributed by atoms with van der Waals surface area (Å²) in [5.41, 5.74) is 21.3. The SMILES string of the molecule is CCS(=O)(=O)C1C([N+](=O)[O-])=CC(OC(=O)c2ccccc2-c2ccc3ccccc3c2N)=C(N)C1=[N+]=[N-]. The van der Waals surface area contributed by atoms with E-state index < -0.39 is 54.6 Å². The molecular weight excluding hydrogens is 498 g/mol. The summed E-state index contributed by atoms with van der Waals surface area (Å²) in [6.07, 6.45) is 0.757. The summed E-state index contributed by atoms with van der Waals surface area (Å²) in [6, 6.07) is 17.5. The topological polar surface area (TPSA) is 192 Å². The van der Waals surface area contributed by atoms with Crippen LogP contribution in [0.15, 0.2) is 83.9 Å². The molecule has 1 aliphatic rings. The summed E-state index contributed by atoms with van der Waals surface area (Å²) in [5.74, 6) is -1.94. The number of hydrogen-bond acceptors (Lipinski definition) is 8. The third-order valence-corrected chi connectivity index (χ3v) is 8.02. The van der Waals surface area contributed by atoms with Gasteiger partial charge in [-0.05, 0) is 17.0 Å². The van der Waals surface area contributed by atoms with E-state index in [1.807, 2.05) is 30.3 Å². The third-order valence-electron chi connectivity index (χ3n) is 6.03. The Bertz CT molecular complexity index is 1690. The molecule has 0 heterocycles. The van der Waals surface area contributed by atoms with Gasteiger partial charge in [0.15, 0.2) is 21.3 Å². The Labute approximate surface area is 211 Å². The standard InChI is InChI=1S/C25H21N5O6S/c1-2-37(34,35)24-19(30(32)33)13-20(22(27)23(24)29-28)36-25(31)18-10-6-5-9-16(18)17-12-11-14-7-3-4-8-15(14)21(17)26/h3-13,24H,2,26-27H2,1H3. The van der Waals surface area contributed by atoms with Gasteiger partial charge in [-0.25, -0.2) is 13.2 Å². The first-order chi connectivity index (χ1) is 17.6. The minimum atomic E-state index is -4.15. The number of esters is 1. The number of ether oxygens (including phenoxy) is 1. The lowest BCUT2D eigenvalue weighted by atomic mass is 9.95. The molecule has 4 rings (SSSR count). The molecule has 11 nitrogen and oxygen atoms in total. The van der Waals surface area contributed by atoms with Gasteiger partial charge in [0.05, 0.1) is 16.6 Å². The van der Waals surface area contributed by atoms with Gasteiger partial charge in [0.1, 0.15) is 0 Å². The number of nitrogens with two attached hydrogens (primary N) is 2. The molecule has 0 fully saturated rings. The predicted molar refractivity (Wildman–Crippen MR) is 137 cm³/mol. The van der Waals surface area contributed by atoms with Crippen molar-refractivity contribution in [1.29, 1.82) is 0 Å². The predicted octanol–water partition coefficient (Wildman–Crippen LogP) is 3.06. The zero-order valence-corrected chi connectivity index (χ0v) is 20.3. The molecule has 0 saturated heterocycles. The van der Waals surface area contributed by atoms with E-state index in [2.05, 4.69) is 4.79 Å². The average molecular weight is 520 g/mol. The highest BCUT2D eigenvalue weighted by molar-refractivity contribution is 7.93. The van der Waals surface area contributed by atoms with Gasteiger partial charge in [-0.1, -0.05) is 61.5 Å². The molecule has 0 aromatic heterocycles. The van der Waals surface area contributed by atoms with E-state index in [-0.39, 0.29) is 5.56 Å². The molecule has 0 radical (unpaired) electrons. The highest BCUT2D eigenvalue weighted by Gasteiger charge is 2.50. The number of carbonyl (C=O) groups is 1. The third kappa shape index (κ3) is 4.46. The van der Waals surface area contributed by atoms with Gasteiger partial charge in [-0.15, -0.1) is 0 Å². The molecule has 37 heavy (non-hydrogen) atoms. The van der Waals surface area contributed by atoms with Crippen molar-refractivity contribution in [2.45, 2.75) is 12.2 Å². The first-order valence-electron chi connectivity index (χ1n) is 11.0. The zero-order valence-electron chi connectivity index (χ0n) is 19.5. The number of nitrogen functional groups attached to an aromatic ring is 1. The number of nitrogens with zero attached hydrogens (tertiary/aromatic N) is 3. The summed E-state index contributed by atoms with van der Waals surface area (Å²) in [7, 11) is -4.15. The number of carbonyl (C=O) groups excluding carboxylic acids is 1. The minimum Gasteiger partial charge on any atom is -0.420 e. The van der Waals surface area contributed by atoms with Crippen molar-refractivity contribution >= 4 is 38.0 Å². The fraction of sp³-hybridized carbons (Fsp3) is 0.120. The van der Waals surface area contributed by atoms with Crippen LogP contribution in [-0.4, -0.2) is 40.8 Å². The van der Waals surface area contributed by atoms with E-state index in [9.17, 15) is 28.9 Å². The van der Waals surface area contributed by atoms with Crippen LogP contribution in [0.25, 0.3) is 27.4 Å². The molecule has 0 saturated carbocycles. The van der Waals surface area contributed by atoms with E-state index in [0.717, 1.165) is 16.8 Å². The Morgan fingerprint density at radius 2 is 1.76 bits per heavy atom. The number of rotatable bonds is 6. The number of allylic oxidation sites excluding steroid dienone is 2. The van der Waals surface area contributed by atoms with Crippen LogP contribution in [0, 0.1) is 10.1 Å². The maximum Gasteiger partial charge on any atom is 0.347 e. The lowest BCUT2D eigenvalue weighted by molar-refractivity contribution is -0.426. The van der Waals surface area contributed by atoms with Crippen LogP contribution in [0.3, 0.4) is 0 Å². The Kier molecular flexibility index (Phi) is 6.62. The molecule has 0 spiro atoms. The lowest BCUT2D eigenvalue weighted by Crippen LogP contribution is -2.42. The van der Waals surface area contributed by atoms with Crippen LogP contribution < -0.4 is 11.5 Å². The number of nitro groups is 1. The monoisotopic (exact) mass is 519 g/mol. The van der Waals surface area contributed by atoms with Gasteiger partial charge in [-0.2, -0.15) is 4.79 Å². The van der Waals surface area contributed by atoms with Gasteiger partial charge >= 0.3 is 11.7 Å². The smallest absolute Gasteiger partial charge is 0.347 e. The van der Waals surface area contributed by atoms with Gasteiger partial charge in [0, 0.05) is 22.4 Å². The van der Waals surface area contributed by atoms with Crippen molar-refractivity contribution in [3.05, 3.63) is 105 Å². The van der Waals surface area contributed by atoms with E-state index >= 15 is 0 Å². The molecule has 4 N–H and O–H groups in total. The second-order valence-corrected chi connectivity index (χ2v) is 10.5. The van der Waals surface area contributed by atoms with Crippen LogP contribution in [0.1, 0.15) is 17.3 Å². The molecule has 3 aromatic rings. The molecule has 3 aromatic carbocycles. The molecule has 12 heteroatoms. The summed E-state index contributed by atoms with van der Waals surface area (Å²) in [4.78, 5) is 26.9. The Morgan fingerprint density at radius 3 is 2.43 bits per heavy atom. The van der Waals surface area contributed by atoms with Crippen molar-refractivity contribution in [3.8, 4) is 11.1 Å². The van der Waals surface area contributed by atoms with Crippen molar-refractivity contribution < 1.29 is 27.7 Å². The van der Waals surface area contributed by atoms with E-state index in [0.29, 0.717) is 16.8 Å². The van der Waals surface area contributed by atoms with Gasteiger partial charge in [0.25, 0.3) is 10.9 Å². The fourth-order valence-corrected chi connectivity index (χ4v) is 5.51. The summed E-state index contributed by atoms with van der Waals surface area (Å²) in [5, 5.41) is 11.5. The molecule has 188 valence electrons. The number of hydrogen-bond donors (Lipinski definition) is 2. The molecule has 0 bridgehead atoms. The number of sulfone groups is 1. The summed E-state index contributed by atoms with van der Waals surface area (Å²) < 4.78 is 30.4. The first kappa shape index (κ1) is 25.3. The van der Waals surface area contributed by atoms with Crippen LogP contribution >= 0.6 is 0 Å². The molecule has 1 atom stereocenters. The van der Waals surface area contributed by atoms with Gasteiger partial charge < -0.3 is 21.7 Å².